The summed E-state index contributed by atoms with van der Waals surface area (Å²) in [5, 5.41) is 7.68. The molecular formula is C12H23N3O. The summed E-state index contributed by atoms with van der Waals surface area (Å²) in [5.41, 5.74) is 1.09. The van der Waals surface area contributed by atoms with Crippen LogP contribution in [0.4, 0.5) is 0 Å². The number of rotatable bonds is 6. The van der Waals surface area contributed by atoms with Crippen molar-refractivity contribution in [2.45, 2.75) is 38.8 Å². The molecule has 1 N–H and O–H groups in total. The van der Waals surface area contributed by atoms with Gasteiger partial charge in [0.05, 0.1) is 11.8 Å². The predicted octanol–water partition coefficient (Wildman–Crippen LogP) is 1.89. The fraction of sp³-hybridized carbons (Fsp3) is 0.750. The largest absolute Gasteiger partial charge is 0.379 e. The van der Waals surface area contributed by atoms with Gasteiger partial charge >= 0.3 is 0 Å². The van der Waals surface area contributed by atoms with Gasteiger partial charge in [0.15, 0.2) is 0 Å². The number of hydrogen-bond donors (Lipinski definition) is 1. The molecule has 1 aromatic rings. The van der Waals surface area contributed by atoms with E-state index < -0.39 is 0 Å². The quantitative estimate of drug-likeness (QED) is 0.803. The molecule has 0 aliphatic rings. The molecule has 0 saturated carbocycles. The third-order valence-electron chi connectivity index (χ3n) is 2.83. The predicted molar refractivity (Wildman–Crippen MR) is 65.3 cm³/mol. The topological polar surface area (TPSA) is 39.1 Å². The summed E-state index contributed by atoms with van der Waals surface area (Å²) in [6.45, 7) is 7.27. The van der Waals surface area contributed by atoms with E-state index in [9.17, 15) is 0 Å². The lowest BCUT2D eigenvalue weighted by atomic mass is 9.95. The molecule has 1 heterocycles. The fourth-order valence-electron chi connectivity index (χ4n) is 1.75. The van der Waals surface area contributed by atoms with Crippen LogP contribution in [0.25, 0.3) is 0 Å². The lowest BCUT2D eigenvalue weighted by Crippen LogP contribution is -2.31. The molecule has 4 heteroatoms. The number of aryl methyl sites for hydroxylation is 1. The van der Waals surface area contributed by atoms with Crippen LogP contribution in [-0.4, -0.2) is 29.0 Å². The Morgan fingerprint density at radius 2 is 2.25 bits per heavy atom. The molecule has 0 bridgehead atoms. The highest BCUT2D eigenvalue weighted by atomic mass is 16.5. The molecule has 92 valence electrons. The van der Waals surface area contributed by atoms with Crippen molar-refractivity contribution in [1.29, 1.82) is 0 Å². The third-order valence-corrected chi connectivity index (χ3v) is 2.83. The minimum Gasteiger partial charge on any atom is -0.379 e. The van der Waals surface area contributed by atoms with Crippen molar-refractivity contribution in [2.24, 2.45) is 7.05 Å². The van der Waals surface area contributed by atoms with E-state index in [0.717, 1.165) is 13.0 Å². The van der Waals surface area contributed by atoms with Gasteiger partial charge in [-0.1, -0.05) is 6.92 Å². The van der Waals surface area contributed by atoms with Crippen molar-refractivity contribution in [3.63, 3.8) is 0 Å². The van der Waals surface area contributed by atoms with Crippen molar-refractivity contribution in [3.05, 3.63) is 18.0 Å². The van der Waals surface area contributed by atoms with E-state index in [1.807, 2.05) is 17.9 Å². The first kappa shape index (κ1) is 13.2. The van der Waals surface area contributed by atoms with Crippen molar-refractivity contribution >= 4 is 0 Å². The van der Waals surface area contributed by atoms with Gasteiger partial charge in [-0.05, 0) is 26.8 Å². The molecule has 4 nitrogen and oxygen atoms in total. The lowest BCUT2D eigenvalue weighted by molar-refractivity contribution is 0.00697. The Morgan fingerprint density at radius 1 is 1.56 bits per heavy atom. The van der Waals surface area contributed by atoms with E-state index in [2.05, 4.69) is 37.4 Å². The van der Waals surface area contributed by atoms with Gasteiger partial charge in [0.25, 0.3) is 0 Å². The molecule has 0 spiro atoms. The van der Waals surface area contributed by atoms with E-state index in [1.165, 1.54) is 5.56 Å². The number of ether oxygens (including phenoxy) is 1. The van der Waals surface area contributed by atoms with Gasteiger partial charge in [-0.3, -0.25) is 4.68 Å². The van der Waals surface area contributed by atoms with Crippen LogP contribution in [0.2, 0.25) is 0 Å². The SMILES string of the molecule is CCNC(CC(C)(C)OC)c1cnn(C)c1. The highest BCUT2D eigenvalue weighted by Gasteiger charge is 2.24. The van der Waals surface area contributed by atoms with E-state index in [0.29, 0.717) is 6.04 Å². The molecule has 1 rings (SSSR count). The molecule has 1 atom stereocenters. The highest BCUT2D eigenvalue weighted by Crippen LogP contribution is 2.25. The Kier molecular flexibility index (Phi) is 4.50. The number of methoxy groups -OCH3 is 1. The standard InChI is InChI=1S/C12H23N3O/c1-6-13-11(7-12(2,3)16-5)10-8-14-15(4)9-10/h8-9,11,13H,6-7H2,1-5H3. The summed E-state index contributed by atoms with van der Waals surface area (Å²) in [7, 11) is 3.69. The zero-order valence-corrected chi connectivity index (χ0v) is 10.9. The summed E-state index contributed by atoms with van der Waals surface area (Å²) < 4.78 is 7.31. The molecule has 0 aromatic carbocycles. The molecule has 0 radical (unpaired) electrons. The van der Waals surface area contributed by atoms with E-state index in [1.54, 1.807) is 7.11 Å². The van der Waals surface area contributed by atoms with Crippen LogP contribution in [-0.2, 0) is 11.8 Å². The highest BCUT2D eigenvalue weighted by molar-refractivity contribution is 5.11. The van der Waals surface area contributed by atoms with Crippen LogP contribution in [0.5, 0.6) is 0 Å². The van der Waals surface area contributed by atoms with Crippen molar-refractivity contribution < 1.29 is 4.74 Å². The summed E-state index contributed by atoms with van der Waals surface area (Å²) in [5.74, 6) is 0. The number of hydrogen-bond acceptors (Lipinski definition) is 3. The molecule has 16 heavy (non-hydrogen) atoms. The Morgan fingerprint density at radius 3 is 2.69 bits per heavy atom. The van der Waals surface area contributed by atoms with Gasteiger partial charge in [-0.15, -0.1) is 0 Å². The molecule has 1 aromatic heterocycles. The Labute approximate surface area is 98.0 Å². The van der Waals surface area contributed by atoms with Crippen LogP contribution in [0.3, 0.4) is 0 Å². The summed E-state index contributed by atoms with van der Waals surface area (Å²) in [6, 6.07) is 0.300. The van der Waals surface area contributed by atoms with Gasteiger partial charge < -0.3 is 10.1 Å². The second kappa shape index (κ2) is 5.46. The van der Waals surface area contributed by atoms with Gasteiger partial charge in [0.1, 0.15) is 0 Å². The minimum absolute atomic E-state index is 0.122. The van der Waals surface area contributed by atoms with Crippen LogP contribution < -0.4 is 5.32 Å². The van der Waals surface area contributed by atoms with Crippen molar-refractivity contribution in [1.82, 2.24) is 15.1 Å². The van der Waals surface area contributed by atoms with Crippen molar-refractivity contribution in [2.75, 3.05) is 13.7 Å². The molecule has 0 amide bonds. The Balaban J connectivity index is 2.75. The zero-order valence-electron chi connectivity index (χ0n) is 10.9. The maximum Gasteiger partial charge on any atom is 0.0640 e. The van der Waals surface area contributed by atoms with E-state index >= 15 is 0 Å². The molecule has 0 aliphatic carbocycles. The maximum absolute atomic E-state index is 5.48. The molecule has 0 aliphatic heterocycles. The molecule has 0 fully saturated rings. The summed E-state index contributed by atoms with van der Waals surface area (Å²) in [6.07, 6.45) is 4.90. The van der Waals surface area contributed by atoms with E-state index in [4.69, 9.17) is 4.74 Å². The maximum atomic E-state index is 5.48. The van der Waals surface area contributed by atoms with Crippen LogP contribution in [0, 0.1) is 0 Å². The molecule has 1 unspecified atom stereocenters. The first-order valence-electron chi connectivity index (χ1n) is 5.75. The average Bonchev–Trinajstić information content (AvgIpc) is 2.64. The summed E-state index contributed by atoms with van der Waals surface area (Å²) in [4.78, 5) is 0. The lowest BCUT2D eigenvalue weighted by Gasteiger charge is -2.28. The second-order valence-corrected chi connectivity index (χ2v) is 4.73. The van der Waals surface area contributed by atoms with Crippen LogP contribution in [0.1, 0.15) is 38.8 Å². The molecular weight excluding hydrogens is 202 g/mol. The van der Waals surface area contributed by atoms with Gasteiger partial charge in [-0.25, -0.2) is 0 Å². The first-order chi connectivity index (χ1) is 7.48. The Bertz CT molecular complexity index is 320. The second-order valence-electron chi connectivity index (χ2n) is 4.73. The average molecular weight is 225 g/mol. The van der Waals surface area contributed by atoms with E-state index in [-0.39, 0.29) is 5.60 Å². The van der Waals surface area contributed by atoms with Gasteiger partial charge in [-0.2, -0.15) is 5.10 Å². The smallest absolute Gasteiger partial charge is 0.0640 e. The monoisotopic (exact) mass is 225 g/mol. The van der Waals surface area contributed by atoms with Crippen LogP contribution in [0.15, 0.2) is 12.4 Å². The third kappa shape index (κ3) is 3.61. The first-order valence-corrected chi connectivity index (χ1v) is 5.75. The van der Waals surface area contributed by atoms with Crippen LogP contribution >= 0.6 is 0 Å². The number of nitrogens with zero attached hydrogens (tertiary/aromatic N) is 2. The minimum atomic E-state index is -0.122. The van der Waals surface area contributed by atoms with Gasteiger partial charge in [0.2, 0.25) is 0 Å². The summed E-state index contributed by atoms with van der Waals surface area (Å²) >= 11 is 0. The fourth-order valence-corrected chi connectivity index (χ4v) is 1.75. The molecule has 0 saturated heterocycles. The number of nitrogens with one attached hydrogen (secondary N) is 1. The zero-order chi connectivity index (χ0) is 12.2. The van der Waals surface area contributed by atoms with Gasteiger partial charge in [0, 0.05) is 32.0 Å². The van der Waals surface area contributed by atoms with Crippen molar-refractivity contribution in [3.8, 4) is 0 Å². The number of aromatic nitrogens is 2. The normalized spacial score (nSPS) is 14.1. The Hall–Kier alpha value is -0.870.